The lowest BCUT2D eigenvalue weighted by Crippen LogP contribution is -2.40. The molecule has 0 bridgehead atoms. The molecule has 3 aromatic rings. The Morgan fingerprint density at radius 2 is 1.82 bits per heavy atom. The molecule has 0 aromatic heterocycles. The summed E-state index contributed by atoms with van der Waals surface area (Å²) in [4.78, 5) is 14.7. The maximum absolute atomic E-state index is 12.9. The number of aryl methyl sites for hydroxylation is 1. The number of benzene rings is 3. The van der Waals surface area contributed by atoms with E-state index >= 15 is 0 Å². The van der Waals surface area contributed by atoms with E-state index in [0.29, 0.717) is 31.3 Å². The topological polar surface area (TPSA) is 48.0 Å². The van der Waals surface area contributed by atoms with Gasteiger partial charge in [-0.3, -0.25) is 0 Å². The van der Waals surface area contributed by atoms with Gasteiger partial charge in [0.1, 0.15) is 6.61 Å². The second kappa shape index (κ2) is 11.4. The van der Waals surface area contributed by atoms with Gasteiger partial charge in [-0.05, 0) is 66.6 Å². The molecule has 1 amide bonds. The third kappa shape index (κ3) is 5.55. The van der Waals surface area contributed by atoms with Gasteiger partial charge in [0.2, 0.25) is 0 Å². The Kier molecular flexibility index (Phi) is 8.12. The molecule has 1 aliphatic heterocycles. The summed E-state index contributed by atoms with van der Waals surface area (Å²) in [6, 6.07) is 22.3. The lowest BCUT2D eigenvalue weighted by molar-refractivity contribution is 0.0843. The number of ether oxygens (including phenoxy) is 3. The highest BCUT2D eigenvalue weighted by atomic mass is 79.9. The van der Waals surface area contributed by atoms with Crippen LogP contribution in [-0.2, 0) is 24.2 Å². The molecule has 0 saturated carbocycles. The van der Waals surface area contributed by atoms with E-state index in [4.69, 9.17) is 14.2 Å². The van der Waals surface area contributed by atoms with Crippen LogP contribution >= 0.6 is 15.9 Å². The first-order chi connectivity index (χ1) is 16.6. The van der Waals surface area contributed by atoms with E-state index in [1.165, 1.54) is 11.1 Å². The smallest absolute Gasteiger partial charge is 0.410 e. The lowest BCUT2D eigenvalue weighted by atomic mass is 9.88. The van der Waals surface area contributed by atoms with Crippen LogP contribution in [0.1, 0.15) is 41.6 Å². The second-order valence-corrected chi connectivity index (χ2v) is 9.12. The second-order valence-electron chi connectivity index (χ2n) is 8.26. The van der Waals surface area contributed by atoms with Crippen molar-refractivity contribution in [3.8, 4) is 11.5 Å². The van der Waals surface area contributed by atoms with Crippen LogP contribution in [0.15, 0.2) is 71.2 Å². The highest BCUT2D eigenvalue weighted by Crippen LogP contribution is 2.41. The molecule has 0 saturated heterocycles. The number of halogens is 1. The Balaban J connectivity index is 1.65. The number of fused-ring (bicyclic) bond motifs is 1. The summed E-state index contributed by atoms with van der Waals surface area (Å²) in [5.41, 5.74) is 4.57. The summed E-state index contributed by atoms with van der Waals surface area (Å²) in [6.07, 6.45) is 2.08. The first-order valence-corrected chi connectivity index (χ1v) is 12.4. The van der Waals surface area contributed by atoms with Gasteiger partial charge in [-0.1, -0.05) is 64.5 Å². The molecule has 4 rings (SSSR count). The molecule has 1 aliphatic rings. The Morgan fingerprint density at radius 3 is 2.56 bits per heavy atom. The minimum Gasteiger partial charge on any atom is -0.493 e. The Bertz CT molecular complexity index is 1120. The van der Waals surface area contributed by atoms with Crippen LogP contribution < -0.4 is 9.47 Å². The van der Waals surface area contributed by atoms with Gasteiger partial charge in [-0.25, -0.2) is 4.79 Å². The van der Waals surface area contributed by atoms with E-state index in [2.05, 4.69) is 28.1 Å². The van der Waals surface area contributed by atoms with Crippen LogP contribution in [-0.4, -0.2) is 31.3 Å². The number of hydrogen-bond acceptors (Lipinski definition) is 4. The van der Waals surface area contributed by atoms with Crippen molar-refractivity contribution in [3.63, 3.8) is 0 Å². The molecule has 6 heteroatoms. The Labute approximate surface area is 209 Å². The van der Waals surface area contributed by atoms with Crippen molar-refractivity contribution < 1.29 is 19.0 Å². The summed E-state index contributed by atoms with van der Waals surface area (Å²) in [7, 11) is 1.66. The molecule has 0 N–H and O–H groups in total. The summed E-state index contributed by atoms with van der Waals surface area (Å²) in [5, 5.41) is 0. The van der Waals surface area contributed by atoms with Crippen LogP contribution in [0.4, 0.5) is 4.79 Å². The van der Waals surface area contributed by atoms with Gasteiger partial charge >= 0.3 is 6.09 Å². The van der Waals surface area contributed by atoms with Gasteiger partial charge in [0.25, 0.3) is 0 Å². The van der Waals surface area contributed by atoms with E-state index in [1.807, 2.05) is 66.4 Å². The number of carbonyl (C=O) groups is 1. The number of hydrogen-bond donors (Lipinski definition) is 0. The van der Waals surface area contributed by atoms with Gasteiger partial charge in [0.05, 0.1) is 19.8 Å². The maximum atomic E-state index is 12.9. The third-order valence-electron chi connectivity index (χ3n) is 6.17. The predicted octanol–water partition coefficient (Wildman–Crippen LogP) is 6.73. The average molecular weight is 524 g/mol. The fourth-order valence-electron chi connectivity index (χ4n) is 4.45. The fourth-order valence-corrected chi connectivity index (χ4v) is 4.93. The quantitative estimate of drug-likeness (QED) is 0.328. The molecule has 0 spiro atoms. The molecular formula is C28H30BrNO4. The van der Waals surface area contributed by atoms with Gasteiger partial charge in [-0.2, -0.15) is 0 Å². The van der Waals surface area contributed by atoms with E-state index in [-0.39, 0.29) is 12.1 Å². The molecular weight excluding hydrogens is 494 g/mol. The third-order valence-corrected chi connectivity index (χ3v) is 6.94. The lowest BCUT2D eigenvalue weighted by Gasteiger charge is -2.37. The molecule has 0 fully saturated rings. The van der Waals surface area contributed by atoms with Crippen LogP contribution in [0.5, 0.6) is 11.5 Å². The normalized spacial score (nSPS) is 14.9. The molecule has 3 aromatic carbocycles. The van der Waals surface area contributed by atoms with Crippen molar-refractivity contribution in [2.45, 2.75) is 38.8 Å². The summed E-state index contributed by atoms with van der Waals surface area (Å²) < 4.78 is 18.3. The Hall–Kier alpha value is -2.99. The number of nitrogens with zero attached hydrogens (tertiary/aromatic N) is 1. The SMILES string of the molecule is CCOC(=O)N1CCc2cc(OC)c(OCc3ccccc3)cc2C1CCc1ccccc1Br. The predicted molar refractivity (Wildman–Crippen MR) is 136 cm³/mol. The molecule has 178 valence electrons. The minimum atomic E-state index is -0.271. The molecule has 5 nitrogen and oxygen atoms in total. The molecule has 1 atom stereocenters. The van der Waals surface area contributed by atoms with Crippen molar-refractivity contribution in [3.05, 3.63) is 93.5 Å². The Morgan fingerprint density at radius 1 is 1.06 bits per heavy atom. The van der Waals surface area contributed by atoms with Crippen molar-refractivity contribution in [1.29, 1.82) is 0 Å². The average Bonchev–Trinajstić information content (AvgIpc) is 2.87. The van der Waals surface area contributed by atoms with Gasteiger partial charge in [-0.15, -0.1) is 0 Å². The van der Waals surface area contributed by atoms with Gasteiger partial charge < -0.3 is 19.1 Å². The molecule has 1 unspecified atom stereocenters. The van der Waals surface area contributed by atoms with Crippen LogP contribution in [0.3, 0.4) is 0 Å². The van der Waals surface area contributed by atoms with Gasteiger partial charge in [0.15, 0.2) is 11.5 Å². The maximum Gasteiger partial charge on any atom is 0.410 e. The van der Waals surface area contributed by atoms with E-state index in [9.17, 15) is 4.79 Å². The van der Waals surface area contributed by atoms with Crippen molar-refractivity contribution >= 4 is 22.0 Å². The highest BCUT2D eigenvalue weighted by Gasteiger charge is 2.33. The first-order valence-electron chi connectivity index (χ1n) is 11.6. The van der Waals surface area contributed by atoms with Gasteiger partial charge in [0, 0.05) is 11.0 Å². The number of carbonyl (C=O) groups excluding carboxylic acids is 1. The fraction of sp³-hybridized carbons (Fsp3) is 0.321. The molecule has 34 heavy (non-hydrogen) atoms. The number of rotatable bonds is 8. The zero-order valence-corrected chi connectivity index (χ0v) is 21.2. The number of methoxy groups -OCH3 is 1. The minimum absolute atomic E-state index is 0.111. The van der Waals surface area contributed by atoms with Crippen molar-refractivity contribution in [2.75, 3.05) is 20.3 Å². The van der Waals surface area contributed by atoms with Crippen molar-refractivity contribution in [2.24, 2.45) is 0 Å². The van der Waals surface area contributed by atoms with Crippen molar-refractivity contribution in [1.82, 2.24) is 4.90 Å². The standard InChI is InChI=1S/C28H30BrNO4/c1-3-33-28(31)30-16-15-22-17-26(32-2)27(34-19-20-9-5-4-6-10-20)18-23(22)25(30)14-13-21-11-7-8-12-24(21)29/h4-12,17-18,25H,3,13-16,19H2,1-2H3. The molecule has 0 radical (unpaired) electrons. The zero-order chi connectivity index (χ0) is 23.9. The largest absolute Gasteiger partial charge is 0.493 e. The first kappa shape index (κ1) is 24.1. The van der Waals surface area contributed by atoms with Crippen LogP contribution in [0.2, 0.25) is 0 Å². The summed E-state index contributed by atoms with van der Waals surface area (Å²) in [5.74, 6) is 1.39. The van der Waals surface area contributed by atoms with Crippen LogP contribution in [0, 0.1) is 0 Å². The monoisotopic (exact) mass is 523 g/mol. The highest BCUT2D eigenvalue weighted by molar-refractivity contribution is 9.10. The molecule has 1 heterocycles. The van der Waals surface area contributed by atoms with Crippen LogP contribution in [0.25, 0.3) is 0 Å². The number of amides is 1. The van der Waals surface area contributed by atoms with E-state index < -0.39 is 0 Å². The summed E-state index contributed by atoms with van der Waals surface area (Å²) >= 11 is 3.65. The van der Waals surface area contributed by atoms with E-state index in [1.54, 1.807) is 7.11 Å². The van der Waals surface area contributed by atoms with E-state index in [0.717, 1.165) is 34.9 Å². The zero-order valence-electron chi connectivity index (χ0n) is 19.6. The molecule has 0 aliphatic carbocycles. The summed E-state index contributed by atoms with van der Waals surface area (Å²) in [6.45, 7) is 3.25.